The first-order valence-electron chi connectivity index (χ1n) is 11.3. The standard InChI is InChI=1S/C26H27N5OS/c1-26(2,32)16-29-22-14-21(18-9-11-27-12-10-18)30-31-23(15-28-25(22)31)19-5-7-20(8-6-19)24(33)13-17-3-4-17/h5-12,14-15,17,29,32H,3-4,13,16H2,1-2H3. The Kier molecular flexibility index (Phi) is 5.68. The second-order valence-corrected chi connectivity index (χ2v) is 9.86. The number of aliphatic hydroxyl groups is 1. The van der Waals surface area contributed by atoms with E-state index >= 15 is 0 Å². The number of aromatic nitrogens is 4. The van der Waals surface area contributed by atoms with E-state index in [-0.39, 0.29) is 0 Å². The molecule has 0 amide bonds. The van der Waals surface area contributed by atoms with E-state index in [1.165, 1.54) is 12.8 Å². The number of hydrogen-bond acceptors (Lipinski definition) is 6. The number of thiocarbonyl (C=S) groups is 1. The van der Waals surface area contributed by atoms with Gasteiger partial charge < -0.3 is 10.4 Å². The predicted molar refractivity (Wildman–Crippen MR) is 135 cm³/mol. The lowest BCUT2D eigenvalue weighted by atomic mass is 10.0. The summed E-state index contributed by atoms with van der Waals surface area (Å²) in [4.78, 5) is 9.81. The van der Waals surface area contributed by atoms with E-state index in [9.17, 15) is 5.11 Å². The molecule has 0 unspecified atom stereocenters. The number of imidazole rings is 1. The maximum Gasteiger partial charge on any atom is 0.177 e. The van der Waals surface area contributed by atoms with E-state index in [0.717, 1.165) is 51.0 Å². The van der Waals surface area contributed by atoms with Crippen LogP contribution in [0.4, 0.5) is 5.69 Å². The van der Waals surface area contributed by atoms with Gasteiger partial charge in [0.2, 0.25) is 0 Å². The molecule has 3 heterocycles. The van der Waals surface area contributed by atoms with Crippen LogP contribution in [-0.4, -0.2) is 41.7 Å². The second kappa shape index (κ2) is 8.65. The molecule has 0 saturated heterocycles. The van der Waals surface area contributed by atoms with Crippen molar-refractivity contribution in [1.82, 2.24) is 19.6 Å². The number of benzene rings is 1. The smallest absolute Gasteiger partial charge is 0.177 e. The highest BCUT2D eigenvalue weighted by atomic mass is 32.1. The molecule has 3 aromatic heterocycles. The van der Waals surface area contributed by atoms with Gasteiger partial charge in [-0.05, 0) is 62.8 Å². The van der Waals surface area contributed by atoms with Crippen LogP contribution in [0.1, 0.15) is 38.7 Å². The van der Waals surface area contributed by atoms with Crippen molar-refractivity contribution in [2.45, 2.75) is 38.7 Å². The van der Waals surface area contributed by atoms with Gasteiger partial charge in [-0.1, -0.05) is 36.5 Å². The zero-order valence-corrected chi connectivity index (χ0v) is 19.6. The minimum atomic E-state index is -0.860. The maximum absolute atomic E-state index is 10.2. The lowest BCUT2D eigenvalue weighted by molar-refractivity contribution is 0.0945. The minimum Gasteiger partial charge on any atom is -0.389 e. The van der Waals surface area contributed by atoms with Crippen molar-refractivity contribution in [3.63, 3.8) is 0 Å². The third kappa shape index (κ3) is 4.94. The average molecular weight is 458 g/mol. The van der Waals surface area contributed by atoms with Crippen LogP contribution in [0.5, 0.6) is 0 Å². The molecule has 6 nitrogen and oxygen atoms in total. The van der Waals surface area contributed by atoms with Gasteiger partial charge >= 0.3 is 0 Å². The van der Waals surface area contributed by atoms with Crippen LogP contribution in [0.2, 0.25) is 0 Å². The van der Waals surface area contributed by atoms with Gasteiger partial charge in [0.15, 0.2) is 5.65 Å². The number of nitrogens with zero attached hydrogens (tertiary/aromatic N) is 4. The first kappa shape index (κ1) is 21.7. The fourth-order valence-electron chi connectivity index (χ4n) is 3.80. The van der Waals surface area contributed by atoms with Gasteiger partial charge in [0, 0.05) is 34.9 Å². The van der Waals surface area contributed by atoms with Gasteiger partial charge in [-0.3, -0.25) is 4.98 Å². The first-order valence-corrected chi connectivity index (χ1v) is 11.7. The van der Waals surface area contributed by atoms with Gasteiger partial charge in [0.1, 0.15) is 0 Å². The van der Waals surface area contributed by atoms with E-state index in [4.69, 9.17) is 17.3 Å². The Hall–Kier alpha value is -3.16. The molecule has 5 rings (SSSR count). The Balaban J connectivity index is 1.54. The Labute approximate surface area is 198 Å². The third-order valence-corrected chi connectivity index (χ3v) is 6.23. The van der Waals surface area contributed by atoms with E-state index in [1.807, 2.05) is 28.9 Å². The number of nitrogens with one attached hydrogen (secondary N) is 1. The Morgan fingerprint density at radius 3 is 2.52 bits per heavy atom. The van der Waals surface area contributed by atoms with Crippen molar-refractivity contribution in [2.24, 2.45) is 5.92 Å². The largest absolute Gasteiger partial charge is 0.389 e. The lowest BCUT2D eigenvalue weighted by Gasteiger charge is -2.19. The van der Waals surface area contributed by atoms with E-state index in [2.05, 4.69) is 39.6 Å². The third-order valence-electron chi connectivity index (χ3n) is 5.83. The van der Waals surface area contributed by atoms with E-state index in [1.54, 1.807) is 26.2 Å². The van der Waals surface area contributed by atoms with Crippen molar-refractivity contribution < 1.29 is 5.11 Å². The first-order chi connectivity index (χ1) is 15.9. The van der Waals surface area contributed by atoms with Gasteiger partial charge in [-0.15, -0.1) is 0 Å². The Bertz CT molecular complexity index is 1290. The SMILES string of the molecule is CC(C)(O)CNc1cc(-c2ccncc2)nn2c(-c3ccc(C(=S)CC4CC4)cc3)cnc12. The highest BCUT2D eigenvalue weighted by molar-refractivity contribution is 7.80. The molecule has 1 aliphatic carbocycles. The van der Waals surface area contributed by atoms with E-state index in [0.29, 0.717) is 12.2 Å². The summed E-state index contributed by atoms with van der Waals surface area (Å²) in [7, 11) is 0. The molecule has 33 heavy (non-hydrogen) atoms. The lowest BCUT2D eigenvalue weighted by Crippen LogP contribution is -2.29. The van der Waals surface area contributed by atoms with Crippen molar-refractivity contribution in [3.05, 3.63) is 66.6 Å². The van der Waals surface area contributed by atoms with Crippen molar-refractivity contribution in [1.29, 1.82) is 0 Å². The zero-order chi connectivity index (χ0) is 23.0. The summed E-state index contributed by atoms with van der Waals surface area (Å²) in [5.74, 6) is 0.779. The molecule has 0 radical (unpaired) electrons. The van der Waals surface area contributed by atoms with Crippen LogP contribution in [-0.2, 0) is 0 Å². The van der Waals surface area contributed by atoms with Crippen LogP contribution in [0, 0.1) is 5.92 Å². The van der Waals surface area contributed by atoms with Crippen LogP contribution in [0.15, 0.2) is 61.1 Å². The van der Waals surface area contributed by atoms with Gasteiger partial charge in [-0.25, -0.2) is 9.50 Å². The Morgan fingerprint density at radius 1 is 1.12 bits per heavy atom. The number of pyridine rings is 1. The van der Waals surface area contributed by atoms with Crippen LogP contribution < -0.4 is 5.32 Å². The fraction of sp³-hybridized carbons (Fsp3) is 0.308. The normalized spacial score (nSPS) is 13.9. The van der Waals surface area contributed by atoms with Crippen LogP contribution in [0.3, 0.4) is 0 Å². The fourth-order valence-corrected chi connectivity index (χ4v) is 4.17. The number of fused-ring (bicyclic) bond motifs is 1. The van der Waals surface area contributed by atoms with Crippen molar-refractivity contribution >= 4 is 28.4 Å². The molecule has 7 heteroatoms. The van der Waals surface area contributed by atoms with Crippen LogP contribution >= 0.6 is 12.2 Å². The van der Waals surface area contributed by atoms with Gasteiger partial charge in [0.05, 0.1) is 28.9 Å². The van der Waals surface area contributed by atoms with Gasteiger partial charge in [0.25, 0.3) is 0 Å². The second-order valence-electron chi connectivity index (χ2n) is 9.37. The number of rotatable bonds is 8. The molecule has 4 aromatic rings. The minimum absolute atomic E-state index is 0.387. The van der Waals surface area contributed by atoms with Crippen LogP contribution in [0.25, 0.3) is 28.2 Å². The molecular formula is C26H27N5OS. The summed E-state index contributed by atoms with van der Waals surface area (Å²) in [6.07, 6.45) is 8.96. The predicted octanol–water partition coefficient (Wildman–Crippen LogP) is 5.16. The van der Waals surface area contributed by atoms with Crippen molar-refractivity contribution in [2.75, 3.05) is 11.9 Å². The van der Waals surface area contributed by atoms with Gasteiger partial charge in [-0.2, -0.15) is 5.10 Å². The monoisotopic (exact) mass is 457 g/mol. The molecule has 168 valence electrons. The number of hydrogen-bond donors (Lipinski definition) is 2. The quantitative estimate of drug-likeness (QED) is 0.281. The molecule has 0 atom stereocenters. The van der Waals surface area contributed by atoms with Crippen molar-refractivity contribution in [3.8, 4) is 22.5 Å². The molecule has 1 saturated carbocycles. The summed E-state index contributed by atoms with van der Waals surface area (Å²) < 4.78 is 1.86. The molecule has 0 spiro atoms. The molecule has 2 N–H and O–H groups in total. The molecular weight excluding hydrogens is 430 g/mol. The highest BCUT2D eigenvalue weighted by Gasteiger charge is 2.23. The average Bonchev–Trinajstić information content (AvgIpc) is 3.52. The summed E-state index contributed by atoms with van der Waals surface area (Å²) in [5.41, 5.74) is 5.45. The zero-order valence-electron chi connectivity index (χ0n) is 18.8. The molecule has 0 aliphatic heterocycles. The maximum atomic E-state index is 10.2. The summed E-state index contributed by atoms with van der Waals surface area (Å²) in [6, 6.07) is 14.2. The summed E-state index contributed by atoms with van der Waals surface area (Å²) in [6.45, 7) is 3.93. The summed E-state index contributed by atoms with van der Waals surface area (Å²) >= 11 is 5.64. The number of anilines is 1. The highest BCUT2D eigenvalue weighted by Crippen LogP contribution is 2.34. The Morgan fingerprint density at radius 2 is 1.85 bits per heavy atom. The topological polar surface area (TPSA) is 75.3 Å². The molecule has 1 fully saturated rings. The molecule has 1 aliphatic rings. The molecule has 1 aromatic carbocycles. The van der Waals surface area contributed by atoms with E-state index < -0.39 is 5.60 Å². The molecule has 0 bridgehead atoms. The summed E-state index contributed by atoms with van der Waals surface area (Å²) in [5, 5.41) is 18.5.